The van der Waals surface area contributed by atoms with E-state index in [-0.39, 0.29) is 11.8 Å². The van der Waals surface area contributed by atoms with E-state index in [9.17, 15) is 9.59 Å². The van der Waals surface area contributed by atoms with Crippen LogP contribution in [-0.2, 0) is 17.8 Å². The zero-order valence-electron chi connectivity index (χ0n) is 17.5. The van der Waals surface area contributed by atoms with Gasteiger partial charge in [0.15, 0.2) is 11.6 Å². The van der Waals surface area contributed by atoms with Crippen LogP contribution in [0, 0.1) is 5.92 Å². The van der Waals surface area contributed by atoms with E-state index in [1.165, 1.54) is 6.26 Å². The second kappa shape index (κ2) is 9.42. The summed E-state index contributed by atoms with van der Waals surface area (Å²) in [5.74, 6) is 2.30. The molecule has 0 radical (unpaired) electrons. The molecule has 0 aromatic carbocycles. The molecule has 2 aliphatic heterocycles. The van der Waals surface area contributed by atoms with Crippen molar-refractivity contribution < 1.29 is 18.5 Å². The normalized spacial score (nSPS) is 18.7. The maximum absolute atomic E-state index is 12.4. The van der Waals surface area contributed by atoms with Gasteiger partial charge in [-0.05, 0) is 30.9 Å². The molecule has 0 saturated carbocycles. The van der Waals surface area contributed by atoms with Gasteiger partial charge in [-0.15, -0.1) is 0 Å². The predicted octanol–water partition coefficient (Wildman–Crippen LogP) is 1.81. The molecular formula is C21H29N5O4. The molecular weight excluding hydrogens is 386 g/mol. The Hall–Kier alpha value is -2.68. The molecule has 0 aliphatic carbocycles. The fourth-order valence-corrected chi connectivity index (χ4v) is 3.95. The number of carbonyl (C=O) groups is 2. The lowest BCUT2D eigenvalue weighted by Gasteiger charge is -2.33. The van der Waals surface area contributed by atoms with Gasteiger partial charge in [0.05, 0.1) is 12.8 Å². The highest BCUT2D eigenvalue weighted by atomic mass is 16.5. The lowest BCUT2D eigenvalue weighted by molar-refractivity contribution is -0.132. The van der Waals surface area contributed by atoms with Crippen molar-refractivity contribution in [3.05, 3.63) is 35.9 Å². The van der Waals surface area contributed by atoms with E-state index in [0.717, 1.165) is 39.0 Å². The molecule has 2 saturated heterocycles. The third-order valence-corrected chi connectivity index (χ3v) is 5.96. The van der Waals surface area contributed by atoms with Gasteiger partial charge in [-0.2, -0.15) is 4.98 Å². The van der Waals surface area contributed by atoms with Crippen LogP contribution in [0.2, 0.25) is 0 Å². The summed E-state index contributed by atoms with van der Waals surface area (Å²) in [7, 11) is 0. The van der Waals surface area contributed by atoms with Crippen LogP contribution in [0.1, 0.15) is 48.5 Å². The SMILES string of the molecule is CC1CCN(C(=O)CCc2nc(CN3CCN(C(=O)c4ccco4)CC3)no2)CC1. The van der Waals surface area contributed by atoms with Gasteiger partial charge in [0.2, 0.25) is 11.8 Å². The number of amides is 2. The molecule has 2 aliphatic rings. The van der Waals surface area contributed by atoms with Crippen LogP contribution in [0.25, 0.3) is 0 Å². The Morgan fingerprint density at radius 2 is 1.87 bits per heavy atom. The van der Waals surface area contributed by atoms with Crippen LogP contribution in [0.4, 0.5) is 0 Å². The van der Waals surface area contributed by atoms with Crippen LogP contribution in [0.5, 0.6) is 0 Å². The quantitative estimate of drug-likeness (QED) is 0.710. The average molecular weight is 415 g/mol. The van der Waals surface area contributed by atoms with Crippen molar-refractivity contribution in [1.29, 1.82) is 0 Å². The molecule has 0 atom stereocenters. The summed E-state index contributed by atoms with van der Waals surface area (Å²) >= 11 is 0. The lowest BCUT2D eigenvalue weighted by atomic mass is 9.99. The number of hydrogen-bond acceptors (Lipinski definition) is 7. The summed E-state index contributed by atoms with van der Waals surface area (Å²) < 4.78 is 10.5. The Morgan fingerprint density at radius 1 is 1.10 bits per heavy atom. The number of likely N-dealkylation sites (tertiary alicyclic amines) is 1. The second-order valence-electron chi connectivity index (χ2n) is 8.21. The number of rotatable bonds is 6. The number of piperazine rings is 1. The molecule has 2 aromatic heterocycles. The second-order valence-corrected chi connectivity index (χ2v) is 8.21. The van der Waals surface area contributed by atoms with Gasteiger partial charge in [-0.1, -0.05) is 12.1 Å². The Labute approximate surface area is 176 Å². The minimum Gasteiger partial charge on any atom is -0.459 e. The first-order valence-corrected chi connectivity index (χ1v) is 10.7. The fourth-order valence-electron chi connectivity index (χ4n) is 3.95. The minimum atomic E-state index is -0.0747. The molecule has 30 heavy (non-hydrogen) atoms. The zero-order chi connectivity index (χ0) is 20.9. The number of aromatic nitrogens is 2. The molecule has 0 unspecified atom stereocenters. The van der Waals surface area contributed by atoms with Crippen LogP contribution in [0.15, 0.2) is 27.3 Å². The molecule has 2 fully saturated rings. The highest BCUT2D eigenvalue weighted by molar-refractivity contribution is 5.91. The van der Waals surface area contributed by atoms with Crippen molar-refractivity contribution in [2.75, 3.05) is 39.3 Å². The van der Waals surface area contributed by atoms with Gasteiger partial charge in [0.25, 0.3) is 5.91 Å². The average Bonchev–Trinajstić information content (AvgIpc) is 3.45. The maximum atomic E-state index is 12.4. The lowest BCUT2D eigenvalue weighted by Crippen LogP contribution is -2.48. The molecule has 162 valence electrons. The van der Waals surface area contributed by atoms with Gasteiger partial charge in [0.1, 0.15) is 0 Å². The molecule has 4 heterocycles. The van der Waals surface area contributed by atoms with Crippen LogP contribution in [0.3, 0.4) is 0 Å². The third kappa shape index (κ3) is 5.08. The Morgan fingerprint density at radius 3 is 2.57 bits per heavy atom. The van der Waals surface area contributed by atoms with E-state index >= 15 is 0 Å². The van der Waals surface area contributed by atoms with Crippen molar-refractivity contribution in [3.8, 4) is 0 Å². The zero-order valence-corrected chi connectivity index (χ0v) is 17.5. The van der Waals surface area contributed by atoms with Crippen LogP contribution in [-0.4, -0.2) is 75.9 Å². The molecule has 9 heteroatoms. The van der Waals surface area contributed by atoms with Gasteiger partial charge in [-0.25, -0.2) is 0 Å². The highest BCUT2D eigenvalue weighted by Gasteiger charge is 2.25. The number of furan rings is 1. The van der Waals surface area contributed by atoms with Crippen LogP contribution >= 0.6 is 0 Å². The van der Waals surface area contributed by atoms with Gasteiger partial charge >= 0.3 is 0 Å². The summed E-state index contributed by atoms with van der Waals surface area (Å²) in [6.07, 6.45) is 4.55. The first-order chi connectivity index (χ1) is 14.6. The smallest absolute Gasteiger partial charge is 0.289 e. The first kappa shape index (κ1) is 20.6. The first-order valence-electron chi connectivity index (χ1n) is 10.7. The monoisotopic (exact) mass is 415 g/mol. The highest BCUT2D eigenvalue weighted by Crippen LogP contribution is 2.17. The van der Waals surface area contributed by atoms with E-state index in [1.54, 1.807) is 17.0 Å². The standard InChI is InChI=1S/C21H29N5O4/c1-16-6-8-25(9-7-16)20(27)5-4-19-22-18(23-30-19)15-24-10-12-26(13-11-24)21(28)17-3-2-14-29-17/h2-3,14,16H,4-13,15H2,1H3. The van der Waals surface area contributed by atoms with Gasteiger partial charge in [-0.3, -0.25) is 14.5 Å². The van der Waals surface area contributed by atoms with Gasteiger partial charge in [0, 0.05) is 52.1 Å². The topological polar surface area (TPSA) is 95.9 Å². The molecule has 2 amide bonds. The largest absolute Gasteiger partial charge is 0.459 e. The Kier molecular flexibility index (Phi) is 6.47. The van der Waals surface area contributed by atoms with Gasteiger partial charge < -0.3 is 18.7 Å². The minimum absolute atomic E-state index is 0.0747. The summed E-state index contributed by atoms with van der Waals surface area (Å²) in [6.45, 7) is 7.25. The number of aryl methyl sites for hydroxylation is 1. The summed E-state index contributed by atoms with van der Waals surface area (Å²) in [5, 5.41) is 4.06. The van der Waals surface area contributed by atoms with Crippen LogP contribution < -0.4 is 0 Å². The molecule has 4 rings (SSSR count). The number of carbonyl (C=O) groups excluding carboxylic acids is 2. The fraction of sp³-hybridized carbons (Fsp3) is 0.619. The van der Waals surface area contributed by atoms with E-state index < -0.39 is 0 Å². The number of piperidine rings is 1. The molecule has 0 N–H and O–H groups in total. The Balaban J connectivity index is 1.19. The third-order valence-electron chi connectivity index (χ3n) is 5.96. The van der Waals surface area contributed by atoms with Crippen molar-refractivity contribution in [1.82, 2.24) is 24.8 Å². The maximum Gasteiger partial charge on any atom is 0.289 e. The summed E-state index contributed by atoms with van der Waals surface area (Å²) in [4.78, 5) is 35.1. The number of hydrogen-bond donors (Lipinski definition) is 0. The van der Waals surface area contributed by atoms with E-state index in [4.69, 9.17) is 8.94 Å². The molecule has 9 nitrogen and oxygen atoms in total. The summed E-state index contributed by atoms with van der Waals surface area (Å²) in [6, 6.07) is 3.41. The number of nitrogens with zero attached hydrogens (tertiary/aromatic N) is 5. The summed E-state index contributed by atoms with van der Waals surface area (Å²) in [5.41, 5.74) is 0. The van der Waals surface area contributed by atoms with E-state index in [2.05, 4.69) is 22.0 Å². The van der Waals surface area contributed by atoms with E-state index in [1.807, 2.05) is 4.90 Å². The van der Waals surface area contributed by atoms with Crippen molar-refractivity contribution in [2.45, 2.75) is 39.2 Å². The molecule has 0 bridgehead atoms. The molecule has 0 spiro atoms. The Bertz CT molecular complexity index is 833. The molecule has 2 aromatic rings. The predicted molar refractivity (Wildman–Crippen MR) is 107 cm³/mol. The van der Waals surface area contributed by atoms with Crippen molar-refractivity contribution in [3.63, 3.8) is 0 Å². The van der Waals surface area contributed by atoms with Crippen molar-refractivity contribution >= 4 is 11.8 Å². The van der Waals surface area contributed by atoms with E-state index in [0.29, 0.717) is 55.9 Å². The van der Waals surface area contributed by atoms with Crippen molar-refractivity contribution in [2.24, 2.45) is 5.92 Å².